The number of rotatable bonds is 7. The fraction of sp³-hybridized carbons (Fsp3) is 0.385. The van der Waals surface area contributed by atoms with E-state index >= 15 is 0 Å². The second-order valence-corrected chi connectivity index (χ2v) is 6.64. The van der Waals surface area contributed by atoms with Crippen LogP contribution in [-0.2, 0) is 10.0 Å². The molecule has 1 aromatic carbocycles. The molecule has 19 heavy (non-hydrogen) atoms. The van der Waals surface area contributed by atoms with Crippen LogP contribution in [0.3, 0.4) is 0 Å². The van der Waals surface area contributed by atoms with Crippen LogP contribution in [0.25, 0.3) is 0 Å². The summed E-state index contributed by atoms with van der Waals surface area (Å²) >= 11 is 6.04. The molecule has 0 heterocycles. The van der Waals surface area contributed by atoms with E-state index in [1.165, 1.54) is 0 Å². The van der Waals surface area contributed by atoms with E-state index in [0.717, 1.165) is 24.8 Å². The molecule has 2 N–H and O–H groups in total. The largest absolute Gasteiger partial charge is 0.383 e. The molecule has 0 spiro atoms. The van der Waals surface area contributed by atoms with Gasteiger partial charge in [0.1, 0.15) is 0 Å². The fourth-order valence-electron chi connectivity index (χ4n) is 1.61. The standard InChI is InChI=1S/C13H19ClN2O2S/c1-4-5-6-10(2)15-11-7-8-13(12(14)9-11)16-19(3,17)18/h4,7-10,15-16H,1,5-6H2,2-3H3/t10-/m0/s1. The summed E-state index contributed by atoms with van der Waals surface area (Å²) in [6.45, 7) is 5.75. The van der Waals surface area contributed by atoms with Crippen molar-refractivity contribution in [1.82, 2.24) is 0 Å². The molecule has 0 fully saturated rings. The molecule has 1 atom stereocenters. The molecule has 0 amide bonds. The second kappa shape index (κ2) is 6.82. The summed E-state index contributed by atoms with van der Waals surface area (Å²) in [6.07, 6.45) is 4.89. The van der Waals surface area contributed by atoms with Gasteiger partial charge >= 0.3 is 0 Å². The van der Waals surface area contributed by atoms with Crippen molar-refractivity contribution < 1.29 is 8.42 Å². The average molecular weight is 303 g/mol. The molecule has 0 aromatic heterocycles. The Hall–Kier alpha value is -1.20. The summed E-state index contributed by atoms with van der Waals surface area (Å²) in [7, 11) is -3.31. The monoisotopic (exact) mass is 302 g/mol. The summed E-state index contributed by atoms with van der Waals surface area (Å²) in [5, 5.41) is 3.67. The van der Waals surface area contributed by atoms with Gasteiger partial charge in [-0.2, -0.15) is 0 Å². The lowest BCUT2D eigenvalue weighted by atomic mass is 10.1. The van der Waals surface area contributed by atoms with Crippen molar-refractivity contribution in [3.63, 3.8) is 0 Å². The van der Waals surface area contributed by atoms with E-state index in [9.17, 15) is 8.42 Å². The minimum absolute atomic E-state index is 0.294. The molecule has 0 aliphatic carbocycles. The predicted molar refractivity (Wildman–Crippen MR) is 82.4 cm³/mol. The molecular weight excluding hydrogens is 284 g/mol. The van der Waals surface area contributed by atoms with Gasteiger partial charge in [-0.3, -0.25) is 4.72 Å². The quantitative estimate of drug-likeness (QED) is 0.758. The van der Waals surface area contributed by atoms with Crippen molar-refractivity contribution in [1.29, 1.82) is 0 Å². The molecule has 0 unspecified atom stereocenters. The molecule has 6 heteroatoms. The van der Waals surface area contributed by atoms with Gasteiger partial charge in [0.2, 0.25) is 10.0 Å². The number of allylic oxidation sites excluding steroid dienone is 1. The molecule has 1 rings (SSSR count). The maximum absolute atomic E-state index is 11.1. The van der Waals surface area contributed by atoms with E-state index in [-0.39, 0.29) is 0 Å². The van der Waals surface area contributed by atoms with Crippen LogP contribution in [0.5, 0.6) is 0 Å². The molecule has 106 valence electrons. The minimum Gasteiger partial charge on any atom is -0.383 e. The predicted octanol–water partition coefficient (Wildman–Crippen LogP) is 3.48. The smallest absolute Gasteiger partial charge is 0.229 e. The van der Waals surface area contributed by atoms with Crippen LogP contribution >= 0.6 is 11.6 Å². The van der Waals surface area contributed by atoms with Crippen molar-refractivity contribution in [2.75, 3.05) is 16.3 Å². The minimum atomic E-state index is -3.31. The molecule has 4 nitrogen and oxygen atoms in total. The van der Waals surface area contributed by atoms with E-state index in [1.807, 2.05) is 6.08 Å². The lowest BCUT2D eigenvalue weighted by Crippen LogP contribution is -2.15. The molecule has 1 aromatic rings. The summed E-state index contributed by atoms with van der Waals surface area (Å²) < 4.78 is 24.6. The number of benzene rings is 1. The van der Waals surface area contributed by atoms with Crippen molar-refractivity contribution >= 4 is 33.0 Å². The van der Waals surface area contributed by atoms with Gasteiger partial charge in [-0.1, -0.05) is 17.7 Å². The lowest BCUT2D eigenvalue weighted by molar-refractivity contribution is 0.607. The number of hydrogen-bond acceptors (Lipinski definition) is 3. The highest BCUT2D eigenvalue weighted by atomic mass is 35.5. The first-order valence-electron chi connectivity index (χ1n) is 5.96. The van der Waals surface area contributed by atoms with E-state index < -0.39 is 10.0 Å². The molecule has 0 saturated heterocycles. The third-order valence-electron chi connectivity index (χ3n) is 2.48. The van der Waals surface area contributed by atoms with Gasteiger partial charge in [0.25, 0.3) is 0 Å². The van der Waals surface area contributed by atoms with E-state index in [1.54, 1.807) is 18.2 Å². The highest BCUT2D eigenvalue weighted by Crippen LogP contribution is 2.26. The van der Waals surface area contributed by atoms with Crippen LogP contribution in [-0.4, -0.2) is 20.7 Å². The normalized spacial score (nSPS) is 12.8. The molecule has 0 aliphatic heterocycles. The Bertz CT molecular complexity index is 544. The first-order valence-corrected chi connectivity index (χ1v) is 8.23. The van der Waals surface area contributed by atoms with Crippen LogP contribution in [0, 0.1) is 0 Å². The summed E-state index contributed by atoms with van der Waals surface area (Å²) in [5.41, 5.74) is 1.24. The van der Waals surface area contributed by atoms with Crippen molar-refractivity contribution in [2.45, 2.75) is 25.8 Å². The van der Waals surface area contributed by atoms with Gasteiger partial charge in [0, 0.05) is 11.7 Å². The van der Waals surface area contributed by atoms with E-state index in [0.29, 0.717) is 16.8 Å². The van der Waals surface area contributed by atoms with Crippen LogP contribution in [0.2, 0.25) is 5.02 Å². The maximum Gasteiger partial charge on any atom is 0.229 e. The zero-order valence-electron chi connectivity index (χ0n) is 11.1. The van der Waals surface area contributed by atoms with E-state index in [4.69, 9.17) is 11.6 Å². The van der Waals surface area contributed by atoms with Crippen LogP contribution < -0.4 is 10.0 Å². The maximum atomic E-state index is 11.1. The number of nitrogens with one attached hydrogen (secondary N) is 2. The number of halogens is 1. The van der Waals surface area contributed by atoms with Crippen molar-refractivity contribution in [2.24, 2.45) is 0 Å². The third-order valence-corrected chi connectivity index (χ3v) is 3.38. The first-order chi connectivity index (χ1) is 8.81. The van der Waals surface area contributed by atoms with Crippen LogP contribution in [0.1, 0.15) is 19.8 Å². The molecular formula is C13H19ClN2O2S. The Kier molecular flexibility index (Phi) is 5.69. The number of sulfonamides is 1. The van der Waals surface area contributed by atoms with Gasteiger partial charge in [-0.15, -0.1) is 6.58 Å². The average Bonchev–Trinajstić information content (AvgIpc) is 2.28. The highest BCUT2D eigenvalue weighted by molar-refractivity contribution is 7.92. The van der Waals surface area contributed by atoms with Crippen molar-refractivity contribution in [3.8, 4) is 0 Å². The van der Waals surface area contributed by atoms with Gasteiger partial charge < -0.3 is 5.32 Å². The van der Waals surface area contributed by atoms with Gasteiger partial charge in [0.05, 0.1) is 17.0 Å². The first kappa shape index (κ1) is 15.9. The lowest BCUT2D eigenvalue weighted by Gasteiger charge is -2.15. The Morgan fingerprint density at radius 1 is 1.47 bits per heavy atom. The topological polar surface area (TPSA) is 58.2 Å². The van der Waals surface area contributed by atoms with Crippen LogP contribution in [0.4, 0.5) is 11.4 Å². The molecule has 0 aliphatic rings. The van der Waals surface area contributed by atoms with E-state index in [2.05, 4.69) is 23.5 Å². The third kappa shape index (κ3) is 5.98. The molecule has 0 radical (unpaired) electrons. The highest BCUT2D eigenvalue weighted by Gasteiger charge is 2.08. The van der Waals surface area contributed by atoms with Gasteiger partial charge in [-0.25, -0.2) is 8.42 Å². The fourth-order valence-corrected chi connectivity index (χ4v) is 2.47. The Morgan fingerprint density at radius 3 is 2.68 bits per heavy atom. The Labute approximate surface area is 119 Å². The van der Waals surface area contributed by atoms with Gasteiger partial charge in [-0.05, 0) is 38.0 Å². The molecule has 0 bridgehead atoms. The number of hydrogen-bond donors (Lipinski definition) is 2. The van der Waals surface area contributed by atoms with Crippen molar-refractivity contribution in [3.05, 3.63) is 35.9 Å². The summed E-state index contributed by atoms with van der Waals surface area (Å²) in [6, 6.07) is 5.44. The zero-order chi connectivity index (χ0) is 14.5. The molecule has 0 saturated carbocycles. The number of anilines is 2. The summed E-state index contributed by atoms with van der Waals surface area (Å²) in [4.78, 5) is 0. The summed E-state index contributed by atoms with van der Waals surface area (Å²) in [5.74, 6) is 0. The Morgan fingerprint density at radius 2 is 2.16 bits per heavy atom. The van der Waals surface area contributed by atoms with Crippen LogP contribution in [0.15, 0.2) is 30.9 Å². The second-order valence-electron chi connectivity index (χ2n) is 4.48. The van der Waals surface area contributed by atoms with Gasteiger partial charge in [0.15, 0.2) is 0 Å². The Balaban J connectivity index is 2.74. The zero-order valence-corrected chi connectivity index (χ0v) is 12.7. The SMILES string of the molecule is C=CCC[C@H](C)Nc1ccc(NS(C)(=O)=O)c(Cl)c1.